The lowest BCUT2D eigenvalue weighted by molar-refractivity contribution is 0.0734. The second-order valence-corrected chi connectivity index (χ2v) is 7.30. The zero-order chi connectivity index (χ0) is 21.1. The predicted octanol–water partition coefficient (Wildman–Crippen LogP) is 4.44. The number of carbonyl (C=O) groups excluding carboxylic acids is 2. The number of hydrogen-bond donors (Lipinski definition) is 1. The van der Waals surface area contributed by atoms with Crippen molar-refractivity contribution >= 4 is 17.5 Å². The van der Waals surface area contributed by atoms with E-state index in [1.54, 1.807) is 24.3 Å². The van der Waals surface area contributed by atoms with Gasteiger partial charge in [0.15, 0.2) is 5.76 Å². The number of nitrogens with one attached hydrogen (secondary N) is 1. The zero-order valence-electron chi connectivity index (χ0n) is 17.1. The molecule has 1 aromatic heterocycles. The number of fused-ring (bicyclic) bond motifs is 1. The predicted molar refractivity (Wildman–Crippen MR) is 114 cm³/mol. The number of nitrogens with zero attached hydrogens (tertiary/aromatic N) is 1. The average molecular weight is 404 g/mol. The van der Waals surface area contributed by atoms with Crippen LogP contribution >= 0.6 is 0 Å². The van der Waals surface area contributed by atoms with E-state index < -0.39 is 0 Å². The number of aryl methyl sites for hydroxylation is 1. The number of rotatable bonds is 5. The molecular formula is C24H24N2O4. The van der Waals surface area contributed by atoms with Crippen LogP contribution in [-0.4, -0.2) is 29.9 Å². The fraction of sp³-hybridized carbons (Fsp3) is 0.250. The lowest BCUT2D eigenvalue weighted by atomic mass is 9.98. The number of carbonyl (C=O) groups is 2. The molecule has 1 aliphatic rings. The van der Waals surface area contributed by atoms with E-state index in [-0.39, 0.29) is 17.6 Å². The summed E-state index contributed by atoms with van der Waals surface area (Å²) < 4.78 is 10.7. The minimum atomic E-state index is -0.344. The first-order chi connectivity index (χ1) is 14.5. The first kappa shape index (κ1) is 19.8. The van der Waals surface area contributed by atoms with Crippen molar-refractivity contribution in [2.75, 3.05) is 18.5 Å². The van der Waals surface area contributed by atoms with E-state index in [0.29, 0.717) is 30.9 Å². The average Bonchev–Trinajstić information content (AvgIpc) is 3.30. The summed E-state index contributed by atoms with van der Waals surface area (Å²) >= 11 is 0. The molecular weight excluding hydrogens is 380 g/mol. The fourth-order valence-corrected chi connectivity index (χ4v) is 3.63. The van der Waals surface area contributed by atoms with Crippen LogP contribution in [0.3, 0.4) is 0 Å². The Bertz CT molecular complexity index is 1070. The monoisotopic (exact) mass is 404 g/mol. The van der Waals surface area contributed by atoms with Gasteiger partial charge in [0.05, 0.1) is 12.9 Å². The van der Waals surface area contributed by atoms with Gasteiger partial charge >= 0.3 is 0 Å². The smallest absolute Gasteiger partial charge is 0.291 e. The third-order valence-corrected chi connectivity index (χ3v) is 5.27. The maximum Gasteiger partial charge on any atom is 0.291 e. The summed E-state index contributed by atoms with van der Waals surface area (Å²) in [6.45, 7) is 5.64. The first-order valence-corrected chi connectivity index (χ1v) is 10.0. The van der Waals surface area contributed by atoms with E-state index in [2.05, 4.69) is 11.4 Å². The van der Waals surface area contributed by atoms with Gasteiger partial charge in [-0.1, -0.05) is 12.1 Å². The highest BCUT2D eigenvalue weighted by Crippen LogP contribution is 2.26. The summed E-state index contributed by atoms with van der Waals surface area (Å²) in [6.07, 6.45) is 2.26. The van der Waals surface area contributed by atoms with Crippen molar-refractivity contribution in [3.63, 3.8) is 0 Å². The van der Waals surface area contributed by atoms with Gasteiger partial charge in [-0.2, -0.15) is 0 Å². The maximum atomic E-state index is 13.2. The standard InChI is InChI=1S/C24H24N2O4/c1-3-29-20-9-8-17-10-11-26(15-19(17)13-20)24(28)18-7-6-16(2)21(14-18)25-23(27)22-5-4-12-30-22/h4-9,12-14H,3,10-11,15H2,1-2H3,(H,25,27). The van der Waals surface area contributed by atoms with Crippen LogP contribution in [0.1, 0.15) is 44.5 Å². The molecule has 0 fully saturated rings. The lowest BCUT2D eigenvalue weighted by Crippen LogP contribution is -2.36. The third-order valence-electron chi connectivity index (χ3n) is 5.27. The molecule has 0 radical (unpaired) electrons. The molecule has 154 valence electrons. The molecule has 0 aliphatic carbocycles. The molecule has 3 aromatic rings. The van der Waals surface area contributed by atoms with Crippen LogP contribution in [0.4, 0.5) is 5.69 Å². The largest absolute Gasteiger partial charge is 0.494 e. The second-order valence-electron chi connectivity index (χ2n) is 7.30. The lowest BCUT2D eigenvalue weighted by Gasteiger charge is -2.29. The molecule has 2 heterocycles. The van der Waals surface area contributed by atoms with Gasteiger partial charge in [0.25, 0.3) is 11.8 Å². The van der Waals surface area contributed by atoms with Gasteiger partial charge in [-0.05, 0) is 73.4 Å². The summed E-state index contributed by atoms with van der Waals surface area (Å²) in [5, 5.41) is 2.83. The number of ether oxygens (including phenoxy) is 1. The molecule has 0 spiro atoms. The highest BCUT2D eigenvalue weighted by Gasteiger charge is 2.23. The molecule has 1 aliphatic heterocycles. The summed E-state index contributed by atoms with van der Waals surface area (Å²) in [7, 11) is 0. The molecule has 2 aromatic carbocycles. The van der Waals surface area contributed by atoms with Crippen LogP contribution in [0.25, 0.3) is 0 Å². The molecule has 0 unspecified atom stereocenters. The van der Waals surface area contributed by atoms with Crippen molar-refractivity contribution in [2.45, 2.75) is 26.8 Å². The molecule has 2 amide bonds. The van der Waals surface area contributed by atoms with Crippen LogP contribution in [-0.2, 0) is 13.0 Å². The van der Waals surface area contributed by atoms with E-state index in [1.165, 1.54) is 11.8 Å². The molecule has 4 rings (SSSR count). The molecule has 30 heavy (non-hydrogen) atoms. The molecule has 6 heteroatoms. The minimum Gasteiger partial charge on any atom is -0.494 e. The summed E-state index contributed by atoms with van der Waals surface area (Å²) in [4.78, 5) is 27.3. The van der Waals surface area contributed by atoms with Crippen molar-refractivity contribution in [3.8, 4) is 5.75 Å². The normalized spacial score (nSPS) is 12.9. The van der Waals surface area contributed by atoms with Gasteiger partial charge in [-0.25, -0.2) is 0 Å². The van der Waals surface area contributed by atoms with E-state index in [9.17, 15) is 9.59 Å². The molecule has 6 nitrogen and oxygen atoms in total. The van der Waals surface area contributed by atoms with Crippen molar-refractivity contribution in [2.24, 2.45) is 0 Å². The van der Waals surface area contributed by atoms with Gasteiger partial charge in [0.2, 0.25) is 0 Å². The zero-order valence-corrected chi connectivity index (χ0v) is 17.1. The Hall–Kier alpha value is -3.54. The highest BCUT2D eigenvalue weighted by molar-refractivity contribution is 6.04. The van der Waals surface area contributed by atoms with Crippen molar-refractivity contribution in [1.29, 1.82) is 0 Å². The van der Waals surface area contributed by atoms with E-state index in [1.807, 2.05) is 36.9 Å². The van der Waals surface area contributed by atoms with Crippen LogP contribution in [0.5, 0.6) is 5.75 Å². The van der Waals surface area contributed by atoms with Gasteiger partial charge in [0, 0.05) is 24.3 Å². The van der Waals surface area contributed by atoms with E-state index >= 15 is 0 Å². The topological polar surface area (TPSA) is 71.8 Å². The van der Waals surface area contributed by atoms with E-state index in [0.717, 1.165) is 23.3 Å². The summed E-state index contributed by atoms with van der Waals surface area (Å²) in [5.41, 5.74) is 4.37. The minimum absolute atomic E-state index is 0.0593. The Balaban J connectivity index is 1.52. The van der Waals surface area contributed by atoms with Gasteiger partial charge < -0.3 is 19.4 Å². The molecule has 0 saturated heterocycles. The van der Waals surface area contributed by atoms with Crippen LogP contribution in [0, 0.1) is 6.92 Å². The van der Waals surface area contributed by atoms with Crippen molar-refractivity contribution < 1.29 is 18.7 Å². The second kappa shape index (κ2) is 8.45. The number of hydrogen-bond acceptors (Lipinski definition) is 4. The Kier molecular flexibility index (Phi) is 5.57. The number of benzene rings is 2. The quantitative estimate of drug-likeness (QED) is 0.683. The molecule has 1 N–H and O–H groups in total. The Labute approximate surface area is 175 Å². The summed E-state index contributed by atoms with van der Waals surface area (Å²) in [6, 6.07) is 14.7. The van der Waals surface area contributed by atoms with Gasteiger partial charge in [-0.3, -0.25) is 9.59 Å². The van der Waals surface area contributed by atoms with Crippen LogP contribution < -0.4 is 10.1 Å². The SMILES string of the molecule is CCOc1ccc2c(c1)CN(C(=O)c1ccc(C)c(NC(=O)c3ccco3)c1)CC2. The molecule has 0 atom stereocenters. The van der Waals surface area contributed by atoms with Gasteiger partial charge in [-0.15, -0.1) is 0 Å². The first-order valence-electron chi connectivity index (χ1n) is 10.0. The summed E-state index contributed by atoms with van der Waals surface area (Å²) in [5.74, 6) is 0.645. The van der Waals surface area contributed by atoms with E-state index in [4.69, 9.17) is 9.15 Å². The van der Waals surface area contributed by atoms with Crippen molar-refractivity contribution in [3.05, 3.63) is 82.8 Å². The maximum absolute atomic E-state index is 13.2. The Morgan fingerprint density at radius 3 is 2.77 bits per heavy atom. The van der Waals surface area contributed by atoms with Crippen molar-refractivity contribution in [1.82, 2.24) is 4.90 Å². The fourth-order valence-electron chi connectivity index (χ4n) is 3.63. The number of anilines is 1. The van der Waals surface area contributed by atoms with Crippen LogP contribution in [0.2, 0.25) is 0 Å². The number of furan rings is 1. The highest BCUT2D eigenvalue weighted by atomic mass is 16.5. The van der Waals surface area contributed by atoms with Crippen LogP contribution in [0.15, 0.2) is 59.2 Å². The number of amides is 2. The third kappa shape index (κ3) is 4.08. The molecule has 0 saturated carbocycles. The molecule has 0 bridgehead atoms. The Morgan fingerprint density at radius 1 is 1.13 bits per heavy atom. The Morgan fingerprint density at radius 2 is 2.00 bits per heavy atom. The van der Waals surface area contributed by atoms with Gasteiger partial charge in [0.1, 0.15) is 5.75 Å².